The van der Waals surface area contributed by atoms with Crippen LogP contribution in [0.1, 0.15) is 61.9 Å². The fraction of sp³-hybridized carbons (Fsp3) is 0.375. The smallest absolute Gasteiger partial charge is 0.185 e. The highest BCUT2D eigenvalue weighted by molar-refractivity contribution is 7.99. The summed E-state index contributed by atoms with van der Waals surface area (Å²) in [4.78, 5) is 13.6. The van der Waals surface area contributed by atoms with Crippen LogP contribution in [0.25, 0.3) is 6.08 Å². The zero-order chi connectivity index (χ0) is 19.3. The van der Waals surface area contributed by atoms with Crippen molar-refractivity contribution in [1.82, 2.24) is 0 Å². The van der Waals surface area contributed by atoms with E-state index in [4.69, 9.17) is 4.74 Å². The summed E-state index contributed by atoms with van der Waals surface area (Å²) in [5.41, 5.74) is 1.69. The van der Waals surface area contributed by atoms with Crippen LogP contribution in [0.2, 0.25) is 0 Å². The minimum Gasteiger partial charge on any atom is -0.494 e. The molecule has 0 atom stereocenters. The Hall–Kier alpha value is -2.00. The molecule has 0 aromatic heterocycles. The minimum absolute atomic E-state index is 0.0212. The van der Waals surface area contributed by atoms with E-state index in [1.165, 1.54) is 24.2 Å². The monoisotopic (exact) mass is 382 g/mol. The van der Waals surface area contributed by atoms with Crippen molar-refractivity contribution in [3.8, 4) is 5.75 Å². The van der Waals surface area contributed by atoms with Crippen LogP contribution in [0.4, 0.5) is 0 Å². The topological polar surface area (TPSA) is 26.3 Å². The van der Waals surface area contributed by atoms with Crippen LogP contribution in [0.3, 0.4) is 0 Å². The maximum Gasteiger partial charge on any atom is 0.185 e. The summed E-state index contributed by atoms with van der Waals surface area (Å²) in [6.45, 7) is 5.12. The van der Waals surface area contributed by atoms with Crippen LogP contribution in [-0.4, -0.2) is 18.1 Å². The van der Waals surface area contributed by atoms with E-state index in [1.807, 2.05) is 66.4 Å². The van der Waals surface area contributed by atoms with E-state index in [0.29, 0.717) is 0 Å². The molecule has 0 saturated carbocycles. The zero-order valence-electron chi connectivity index (χ0n) is 16.4. The van der Waals surface area contributed by atoms with Crippen molar-refractivity contribution in [3.05, 3.63) is 65.7 Å². The highest BCUT2D eigenvalue weighted by Crippen LogP contribution is 2.20. The van der Waals surface area contributed by atoms with Crippen molar-refractivity contribution in [1.29, 1.82) is 0 Å². The molecule has 0 N–H and O–H groups in total. The van der Waals surface area contributed by atoms with E-state index in [9.17, 15) is 4.79 Å². The van der Waals surface area contributed by atoms with Gasteiger partial charge in [-0.05, 0) is 66.6 Å². The molecule has 144 valence electrons. The quantitative estimate of drug-likeness (QED) is 0.170. The maximum atomic E-state index is 12.4. The molecule has 0 heterocycles. The van der Waals surface area contributed by atoms with Gasteiger partial charge in [-0.15, -0.1) is 11.8 Å². The standard InChI is InChI=1S/C24H30O2S/c1-3-5-6-7-17-26-22-10-8-9-20(19-22)11-16-24(25)21-12-14-23(15-13-21)27-18-4-2/h8-16,19H,3-7,17-18H2,1-2H3/b16-11+. The third-order valence-electron chi connectivity index (χ3n) is 4.16. The van der Waals surface area contributed by atoms with E-state index >= 15 is 0 Å². The normalized spacial score (nSPS) is 11.0. The van der Waals surface area contributed by atoms with Crippen LogP contribution in [0.15, 0.2) is 59.5 Å². The Balaban J connectivity index is 1.88. The van der Waals surface area contributed by atoms with Gasteiger partial charge in [0.15, 0.2) is 5.78 Å². The van der Waals surface area contributed by atoms with Crippen LogP contribution < -0.4 is 4.74 Å². The summed E-state index contributed by atoms with van der Waals surface area (Å²) in [5, 5.41) is 0. The molecule has 0 spiro atoms. The number of unbranched alkanes of at least 4 members (excludes halogenated alkanes) is 3. The van der Waals surface area contributed by atoms with Crippen molar-refractivity contribution >= 4 is 23.6 Å². The predicted molar refractivity (Wildman–Crippen MR) is 117 cm³/mol. The predicted octanol–water partition coefficient (Wildman–Crippen LogP) is 7.04. The molecule has 0 bridgehead atoms. The summed E-state index contributed by atoms with van der Waals surface area (Å²) < 4.78 is 5.81. The number of hydrogen-bond donors (Lipinski definition) is 0. The van der Waals surface area contributed by atoms with Gasteiger partial charge >= 0.3 is 0 Å². The summed E-state index contributed by atoms with van der Waals surface area (Å²) in [5.74, 6) is 1.98. The number of carbonyl (C=O) groups is 1. The van der Waals surface area contributed by atoms with Crippen LogP contribution in [-0.2, 0) is 0 Å². The second kappa shape index (κ2) is 12.4. The molecule has 0 unspecified atom stereocenters. The number of benzene rings is 2. The first-order chi connectivity index (χ1) is 13.2. The number of hydrogen-bond acceptors (Lipinski definition) is 3. The number of rotatable bonds is 12. The summed E-state index contributed by atoms with van der Waals surface area (Å²) in [6.07, 6.45) is 9.41. The Morgan fingerprint density at radius 1 is 1.00 bits per heavy atom. The molecule has 3 heteroatoms. The van der Waals surface area contributed by atoms with Gasteiger partial charge in [0, 0.05) is 10.5 Å². The largest absolute Gasteiger partial charge is 0.494 e. The Labute approximate surface area is 168 Å². The lowest BCUT2D eigenvalue weighted by Gasteiger charge is -2.06. The van der Waals surface area contributed by atoms with E-state index in [2.05, 4.69) is 13.8 Å². The third kappa shape index (κ3) is 8.04. The average molecular weight is 383 g/mol. The molecule has 0 aliphatic rings. The fourth-order valence-electron chi connectivity index (χ4n) is 2.63. The van der Waals surface area contributed by atoms with Crippen molar-refractivity contribution < 1.29 is 9.53 Å². The van der Waals surface area contributed by atoms with Gasteiger partial charge in [-0.2, -0.15) is 0 Å². The molecule has 27 heavy (non-hydrogen) atoms. The molecule has 2 aromatic carbocycles. The van der Waals surface area contributed by atoms with E-state index in [0.717, 1.165) is 42.1 Å². The number of ether oxygens (including phenoxy) is 1. The third-order valence-corrected chi connectivity index (χ3v) is 5.38. The molecular formula is C24H30O2S. The van der Waals surface area contributed by atoms with Gasteiger partial charge in [-0.1, -0.05) is 51.3 Å². The summed E-state index contributed by atoms with van der Waals surface area (Å²) >= 11 is 1.82. The number of allylic oxidation sites excluding steroid dienone is 1. The number of thioether (sulfide) groups is 1. The summed E-state index contributed by atoms with van der Waals surface area (Å²) in [6, 6.07) is 15.7. The Kier molecular flexibility index (Phi) is 9.78. The Morgan fingerprint density at radius 3 is 2.56 bits per heavy atom. The van der Waals surface area contributed by atoms with Gasteiger partial charge in [0.1, 0.15) is 5.75 Å². The van der Waals surface area contributed by atoms with Gasteiger partial charge in [0.25, 0.3) is 0 Å². The minimum atomic E-state index is 0.0212. The van der Waals surface area contributed by atoms with Crippen molar-refractivity contribution in [2.45, 2.75) is 50.8 Å². The Bertz CT molecular complexity index is 719. The van der Waals surface area contributed by atoms with Gasteiger partial charge in [0.05, 0.1) is 6.61 Å². The molecule has 0 saturated heterocycles. The Morgan fingerprint density at radius 2 is 1.81 bits per heavy atom. The second-order valence-corrected chi connectivity index (χ2v) is 7.72. The number of carbonyl (C=O) groups excluding carboxylic acids is 1. The highest BCUT2D eigenvalue weighted by atomic mass is 32.2. The molecule has 2 rings (SSSR count). The molecule has 0 radical (unpaired) electrons. The van der Waals surface area contributed by atoms with E-state index < -0.39 is 0 Å². The van der Waals surface area contributed by atoms with E-state index in [-0.39, 0.29) is 5.78 Å². The number of ketones is 1. The first-order valence-electron chi connectivity index (χ1n) is 9.91. The molecule has 0 fully saturated rings. The average Bonchev–Trinajstić information content (AvgIpc) is 2.71. The second-order valence-electron chi connectivity index (χ2n) is 6.55. The molecular weight excluding hydrogens is 352 g/mol. The molecule has 0 aliphatic carbocycles. The van der Waals surface area contributed by atoms with Crippen molar-refractivity contribution in [2.24, 2.45) is 0 Å². The van der Waals surface area contributed by atoms with Crippen LogP contribution in [0, 0.1) is 0 Å². The van der Waals surface area contributed by atoms with Gasteiger partial charge in [0.2, 0.25) is 0 Å². The van der Waals surface area contributed by atoms with Gasteiger partial charge in [-0.25, -0.2) is 0 Å². The molecule has 2 aromatic rings. The first-order valence-corrected chi connectivity index (χ1v) is 10.9. The van der Waals surface area contributed by atoms with Gasteiger partial charge < -0.3 is 4.74 Å². The van der Waals surface area contributed by atoms with Crippen molar-refractivity contribution in [3.63, 3.8) is 0 Å². The highest BCUT2D eigenvalue weighted by Gasteiger charge is 2.02. The lowest BCUT2D eigenvalue weighted by Crippen LogP contribution is -1.97. The van der Waals surface area contributed by atoms with Crippen LogP contribution in [0.5, 0.6) is 5.75 Å². The molecule has 2 nitrogen and oxygen atoms in total. The fourth-order valence-corrected chi connectivity index (χ4v) is 3.40. The summed E-state index contributed by atoms with van der Waals surface area (Å²) in [7, 11) is 0. The zero-order valence-corrected chi connectivity index (χ0v) is 17.3. The van der Waals surface area contributed by atoms with Crippen LogP contribution >= 0.6 is 11.8 Å². The SMILES string of the molecule is CCCCCCOc1cccc(/C=C/C(=O)c2ccc(SCCC)cc2)c1. The molecule has 0 amide bonds. The molecule has 0 aliphatic heterocycles. The van der Waals surface area contributed by atoms with E-state index in [1.54, 1.807) is 6.08 Å². The van der Waals surface area contributed by atoms with Gasteiger partial charge in [-0.3, -0.25) is 4.79 Å². The first kappa shape index (κ1) is 21.3. The maximum absolute atomic E-state index is 12.4. The lowest BCUT2D eigenvalue weighted by molar-refractivity contribution is 0.104. The van der Waals surface area contributed by atoms with Crippen molar-refractivity contribution in [2.75, 3.05) is 12.4 Å². The lowest BCUT2D eigenvalue weighted by atomic mass is 10.1.